The van der Waals surface area contributed by atoms with Crippen LogP contribution in [0.1, 0.15) is 40.9 Å². The van der Waals surface area contributed by atoms with Crippen LogP contribution in [0.2, 0.25) is 0 Å². The molecule has 0 bridgehead atoms. The van der Waals surface area contributed by atoms with Gasteiger partial charge in [-0.25, -0.2) is 0 Å². The van der Waals surface area contributed by atoms with Gasteiger partial charge in [-0.2, -0.15) is 13.2 Å². The van der Waals surface area contributed by atoms with Crippen LogP contribution >= 0.6 is 0 Å². The Hall–Kier alpha value is -2.38. The molecule has 0 radical (unpaired) electrons. The van der Waals surface area contributed by atoms with E-state index in [4.69, 9.17) is 4.74 Å². The average molecular weight is 449 g/mol. The second-order valence-electron chi connectivity index (χ2n) is 8.89. The van der Waals surface area contributed by atoms with Crippen molar-refractivity contribution in [3.63, 3.8) is 0 Å². The van der Waals surface area contributed by atoms with Gasteiger partial charge >= 0.3 is 6.18 Å². The molecule has 1 atom stereocenters. The molecule has 2 aromatic rings. The fraction of sp³-hybridized carbons (Fsp3) is 0.480. The van der Waals surface area contributed by atoms with Crippen LogP contribution in [0.4, 0.5) is 13.2 Å². The topological polar surface area (TPSA) is 32.8 Å². The van der Waals surface area contributed by atoms with Gasteiger partial charge in [0, 0.05) is 38.3 Å². The molecule has 32 heavy (non-hydrogen) atoms. The maximum Gasteiger partial charge on any atom is 0.416 e. The van der Waals surface area contributed by atoms with Crippen LogP contribution in [0.3, 0.4) is 0 Å². The molecule has 1 aliphatic heterocycles. The lowest BCUT2D eigenvalue weighted by Gasteiger charge is -2.36. The van der Waals surface area contributed by atoms with E-state index in [9.17, 15) is 18.0 Å². The van der Waals surface area contributed by atoms with Gasteiger partial charge in [0.2, 0.25) is 0 Å². The summed E-state index contributed by atoms with van der Waals surface area (Å²) in [6.07, 6.45) is -4.47. The first-order chi connectivity index (χ1) is 15.1. The molecule has 174 valence electrons. The summed E-state index contributed by atoms with van der Waals surface area (Å²) in [4.78, 5) is 17.1. The molecule has 1 unspecified atom stereocenters. The molecular weight excluding hydrogens is 417 g/mol. The Bertz CT molecular complexity index is 880. The number of hydrogen-bond donors (Lipinski definition) is 0. The zero-order valence-corrected chi connectivity index (χ0v) is 18.9. The first-order valence-corrected chi connectivity index (χ1v) is 11.0. The molecule has 2 aromatic carbocycles. The first kappa shape index (κ1) is 24.3. The van der Waals surface area contributed by atoms with Crippen molar-refractivity contribution in [1.29, 1.82) is 0 Å². The molecule has 0 saturated carbocycles. The molecule has 4 nitrogen and oxygen atoms in total. The van der Waals surface area contributed by atoms with Crippen molar-refractivity contribution in [1.82, 2.24) is 9.80 Å². The Morgan fingerprint density at radius 2 is 1.78 bits per heavy atom. The first-order valence-electron chi connectivity index (χ1n) is 11.0. The average Bonchev–Trinajstić information content (AvgIpc) is 2.73. The SMILES string of the molecule is Cc1ccc(C(=O)N(CC(C)C)CC2CN(Cc3ccc(C(F)(F)F)cc3)CCO2)cc1. The summed E-state index contributed by atoms with van der Waals surface area (Å²) in [6, 6.07) is 12.9. The number of morpholine rings is 1. The van der Waals surface area contributed by atoms with Crippen molar-refractivity contribution in [2.45, 2.75) is 39.6 Å². The van der Waals surface area contributed by atoms with E-state index in [-0.39, 0.29) is 12.0 Å². The maximum absolute atomic E-state index is 13.1. The summed E-state index contributed by atoms with van der Waals surface area (Å²) in [7, 11) is 0. The third-order valence-corrected chi connectivity index (χ3v) is 5.51. The lowest BCUT2D eigenvalue weighted by Crippen LogP contribution is -2.49. The van der Waals surface area contributed by atoms with Gasteiger partial charge in [0.1, 0.15) is 0 Å². The Morgan fingerprint density at radius 3 is 2.38 bits per heavy atom. The third kappa shape index (κ3) is 6.81. The van der Waals surface area contributed by atoms with Crippen molar-refractivity contribution >= 4 is 5.91 Å². The van der Waals surface area contributed by atoms with Crippen molar-refractivity contribution in [2.24, 2.45) is 5.92 Å². The van der Waals surface area contributed by atoms with Gasteiger partial charge in [0.05, 0.1) is 18.3 Å². The van der Waals surface area contributed by atoms with Crippen LogP contribution in [0.5, 0.6) is 0 Å². The molecule has 1 aliphatic rings. The van der Waals surface area contributed by atoms with Crippen LogP contribution in [0, 0.1) is 12.8 Å². The number of halogens is 3. The maximum atomic E-state index is 13.1. The van der Waals surface area contributed by atoms with E-state index in [1.807, 2.05) is 36.1 Å². The van der Waals surface area contributed by atoms with Gasteiger partial charge in [0.15, 0.2) is 0 Å². The van der Waals surface area contributed by atoms with Crippen molar-refractivity contribution < 1.29 is 22.7 Å². The van der Waals surface area contributed by atoms with Crippen molar-refractivity contribution in [3.8, 4) is 0 Å². The predicted octanol–water partition coefficient (Wildman–Crippen LogP) is 5.01. The molecule has 1 fully saturated rings. The van der Waals surface area contributed by atoms with Gasteiger partial charge in [-0.15, -0.1) is 0 Å². The lowest BCUT2D eigenvalue weighted by atomic mass is 10.1. The Morgan fingerprint density at radius 1 is 1.12 bits per heavy atom. The van der Waals surface area contributed by atoms with Gasteiger partial charge in [-0.05, 0) is 42.7 Å². The Labute approximate surface area is 188 Å². The highest BCUT2D eigenvalue weighted by Gasteiger charge is 2.30. The smallest absolute Gasteiger partial charge is 0.374 e. The summed E-state index contributed by atoms with van der Waals surface area (Å²) in [5.74, 6) is 0.304. The molecule has 0 spiro atoms. The number of hydrogen-bond acceptors (Lipinski definition) is 3. The summed E-state index contributed by atoms with van der Waals surface area (Å²) in [5, 5.41) is 0. The summed E-state index contributed by atoms with van der Waals surface area (Å²) in [5.41, 5.74) is 1.95. The molecule has 1 saturated heterocycles. The van der Waals surface area contributed by atoms with E-state index in [1.165, 1.54) is 12.1 Å². The van der Waals surface area contributed by atoms with Gasteiger partial charge < -0.3 is 9.64 Å². The largest absolute Gasteiger partial charge is 0.416 e. The molecule has 0 N–H and O–H groups in total. The van der Waals surface area contributed by atoms with Crippen LogP contribution in [0.25, 0.3) is 0 Å². The van der Waals surface area contributed by atoms with Crippen molar-refractivity contribution in [3.05, 3.63) is 70.8 Å². The number of rotatable bonds is 7. The monoisotopic (exact) mass is 448 g/mol. The van der Waals surface area contributed by atoms with Crippen LogP contribution in [0.15, 0.2) is 48.5 Å². The number of nitrogens with zero attached hydrogens (tertiary/aromatic N) is 2. The number of amides is 1. The summed E-state index contributed by atoms with van der Waals surface area (Å²) >= 11 is 0. The zero-order chi connectivity index (χ0) is 23.3. The number of aryl methyl sites for hydroxylation is 1. The molecule has 1 heterocycles. The number of ether oxygens (including phenoxy) is 1. The second kappa shape index (κ2) is 10.5. The number of benzene rings is 2. The summed E-state index contributed by atoms with van der Waals surface area (Å²) in [6.45, 7) is 9.65. The Balaban J connectivity index is 1.63. The van der Waals surface area contributed by atoms with E-state index < -0.39 is 11.7 Å². The molecule has 0 aliphatic carbocycles. The second-order valence-corrected chi connectivity index (χ2v) is 8.89. The minimum absolute atomic E-state index is 0.0119. The highest BCUT2D eigenvalue weighted by Crippen LogP contribution is 2.29. The fourth-order valence-electron chi connectivity index (χ4n) is 3.90. The van der Waals surface area contributed by atoms with Crippen LogP contribution in [-0.2, 0) is 17.5 Å². The third-order valence-electron chi connectivity index (χ3n) is 5.51. The zero-order valence-electron chi connectivity index (χ0n) is 18.9. The minimum atomic E-state index is -4.33. The van der Waals surface area contributed by atoms with E-state index in [1.54, 1.807) is 0 Å². The minimum Gasteiger partial charge on any atom is -0.374 e. The van der Waals surface area contributed by atoms with Gasteiger partial charge in [0.25, 0.3) is 5.91 Å². The highest BCUT2D eigenvalue weighted by molar-refractivity contribution is 5.94. The lowest BCUT2D eigenvalue weighted by molar-refractivity contribution is -0.137. The molecular formula is C25H31F3N2O2. The molecule has 7 heteroatoms. The number of carbonyl (C=O) groups excluding carboxylic acids is 1. The van der Waals surface area contributed by atoms with E-state index in [0.717, 1.165) is 23.3 Å². The fourth-order valence-corrected chi connectivity index (χ4v) is 3.90. The van der Waals surface area contributed by atoms with Gasteiger partial charge in [-0.3, -0.25) is 9.69 Å². The number of alkyl halides is 3. The van der Waals surface area contributed by atoms with Crippen molar-refractivity contribution in [2.75, 3.05) is 32.8 Å². The van der Waals surface area contributed by atoms with E-state index >= 15 is 0 Å². The molecule has 3 rings (SSSR count). The quantitative estimate of drug-likeness (QED) is 0.597. The standard InChI is InChI=1S/C25H31F3N2O2/c1-18(2)14-30(24(31)21-8-4-19(3)5-9-21)17-23-16-29(12-13-32-23)15-20-6-10-22(11-7-20)25(26,27)28/h4-11,18,23H,12-17H2,1-3H3. The highest BCUT2D eigenvalue weighted by atomic mass is 19.4. The van der Waals surface area contributed by atoms with Crippen LogP contribution < -0.4 is 0 Å². The van der Waals surface area contributed by atoms with E-state index in [0.29, 0.717) is 50.8 Å². The normalized spacial score (nSPS) is 17.5. The number of carbonyl (C=O) groups is 1. The van der Waals surface area contributed by atoms with E-state index in [2.05, 4.69) is 18.7 Å². The van der Waals surface area contributed by atoms with Gasteiger partial charge in [-0.1, -0.05) is 43.7 Å². The Kier molecular flexibility index (Phi) is 7.96. The van der Waals surface area contributed by atoms with Crippen LogP contribution in [-0.4, -0.2) is 54.6 Å². The molecule has 0 aromatic heterocycles. The molecule has 1 amide bonds. The summed E-state index contributed by atoms with van der Waals surface area (Å²) < 4.78 is 44.3. The predicted molar refractivity (Wildman–Crippen MR) is 118 cm³/mol.